The minimum Gasteiger partial charge on any atom is -1.00 e. The van der Waals surface area contributed by atoms with Gasteiger partial charge in [0.15, 0.2) is 0 Å². The Balaban J connectivity index is 0.00000567. The lowest BCUT2D eigenvalue weighted by Crippen LogP contribution is -3.00. The summed E-state index contributed by atoms with van der Waals surface area (Å²) in [6, 6.07) is 9.43. The summed E-state index contributed by atoms with van der Waals surface area (Å²) in [5.41, 5.74) is 1.52. The molecule has 5 heterocycles. The summed E-state index contributed by atoms with van der Waals surface area (Å²) in [5, 5.41) is 33.4. The normalized spacial score (nSPS) is 21.6. The van der Waals surface area contributed by atoms with Crippen LogP contribution in [0.3, 0.4) is 0 Å². The van der Waals surface area contributed by atoms with Crippen molar-refractivity contribution in [2.75, 3.05) is 19.9 Å². The number of β-lactam (4-membered cyclic amide) rings is 1. The van der Waals surface area contributed by atoms with Gasteiger partial charge >= 0.3 is 18.0 Å². The third-order valence-electron chi connectivity index (χ3n) is 10.6. The molecule has 7 rings (SSSR count). The van der Waals surface area contributed by atoms with Gasteiger partial charge in [-0.25, -0.2) is 19.0 Å². The zero-order chi connectivity index (χ0) is 40.9. The predicted molar refractivity (Wildman–Crippen MR) is 201 cm³/mol. The zero-order valence-electron chi connectivity index (χ0n) is 31.4. The molecule has 21 heteroatoms. The van der Waals surface area contributed by atoms with Gasteiger partial charge in [0.2, 0.25) is 15.8 Å². The standard InChI is InChI=1S/C37H37N6O12S2.ClH/c1-19-28(31(41-30(19)29(20(2)44)32(41)45)36(47)54-16-21-5-9-23(10-6-21)42(49)50)27-15-38-18-40(34(56-4)33(38)57-27)25-13-26(35(46)53-3)39(14-25)37(48)55-17-22-7-11-24(12-8-22)43(51)52;/h5-12,15,18-20,25-26,29-30,44H,13-14,16-17H2,1-4H3;1H/q+1;/p-1/t19-,20+,25+,26-,29+,30+;/m0./s1. The van der Waals surface area contributed by atoms with Crippen LogP contribution in [0.1, 0.15) is 42.3 Å². The number of aliphatic hydroxyl groups excluding tert-OH is 1. The van der Waals surface area contributed by atoms with Crippen molar-refractivity contribution in [1.29, 1.82) is 0 Å². The van der Waals surface area contributed by atoms with E-state index in [0.29, 0.717) is 21.6 Å². The number of imidazole rings is 1. The Morgan fingerprint density at radius 2 is 1.60 bits per heavy atom. The molecule has 0 saturated carbocycles. The molecule has 0 unspecified atom stereocenters. The van der Waals surface area contributed by atoms with Crippen LogP contribution in [0.4, 0.5) is 16.2 Å². The van der Waals surface area contributed by atoms with Crippen LogP contribution < -0.4 is 17.0 Å². The highest BCUT2D eigenvalue weighted by atomic mass is 35.5. The van der Waals surface area contributed by atoms with Crippen LogP contribution in [0.2, 0.25) is 0 Å². The number of hydrogen-bond acceptors (Lipinski definition) is 14. The van der Waals surface area contributed by atoms with Crippen LogP contribution in [0.5, 0.6) is 0 Å². The van der Waals surface area contributed by atoms with Crippen LogP contribution in [0.15, 0.2) is 71.8 Å². The highest BCUT2D eigenvalue weighted by molar-refractivity contribution is 7.98. The number of aliphatic hydroxyl groups is 1. The monoisotopic (exact) mass is 856 g/mol. The van der Waals surface area contributed by atoms with Crippen molar-refractivity contribution in [3.63, 3.8) is 0 Å². The van der Waals surface area contributed by atoms with E-state index in [1.54, 1.807) is 6.92 Å². The number of fused-ring (bicyclic) bond motifs is 2. The number of aromatic nitrogens is 2. The van der Waals surface area contributed by atoms with E-state index in [0.717, 1.165) is 9.86 Å². The first-order valence-electron chi connectivity index (χ1n) is 17.7. The molecule has 2 saturated heterocycles. The van der Waals surface area contributed by atoms with Gasteiger partial charge in [0, 0.05) is 42.2 Å². The molecule has 4 aromatic rings. The molecule has 3 aliphatic rings. The topological polar surface area (TPSA) is 217 Å². The highest BCUT2D eigenvalue weighted by Crippen LogP contribution is 2.52. The lowest BCUT2D eigenvalue weighted by atomic mass is 9.77. The maximum Gasteiger partial charge on any atom is 0.411 e. The second-order valence-corrected chi connectivity index (χ2v) is 15.7. The quantitative estimate of drug-likeness (QED) is 0.0405. The van der Waals surface area contributed by atoms with Crippen LogP contribution in [0.25, 0.3) is 10.4 Å². The van der Waals surface area contributed by atoms with Gasteiger partial charge < -0.3 is 36.6 Å². The Labute approximate surface area is 344 Å². The molecule has 2 aromatic heterocycles. The van der Waals surface area contributed by atoms with E-state index in [2.05, 4.69) is 0 Å². The maximum absolute atomic E-state index is 13.8. The molecule has 1 N–H and O–H groups in total. The molecule has 0 radical (unpaired) electrons. The number of halogens is 1. The lowest BCUT2D eigenvalue weighted by molar-refractivity contribution is -0.751. The maximum atomic E-state index is 13.8. The summed E-state index contributed by atoms with van der Waals surface area (Å²) in [7, 11) is 1.24. The number of amides is 2. The van der Waals surface area contributed by atoms with Gasteiger partial charge in [-0.1, -0.05) is 30.0 Å². The predicted octanol–water partition coefficient (Wildman–Crippen LogP) is 1.27. The molecule has 58 heavy (non-hydrogen) atoms. The van der Waals surface area contributed by atoms with Crippen LogP contribution in [-0.4, -0.2) is 91.2 Å². The summed E-state index contributed by atoms with van der Waals surface area (Å²) in [4.78, 5) is 78.8. The van der Waals surface area contributed by atoms with Gasteiger partial charge in [-0.2, -0.15) is 4.40 Å². The van der Waals surface area contributed by atoms with Crippen molar-refractivity contribution < 1.29 is 65.3 Å². The van der Waals surface area contributed by atoms with Crippen molar-refractivity contribution in [2.45, 2.75) is 62.7 Å². The van der Waals surface area contributed by atoms with Gasteiger partial charge in [0.1, 0.15) is 37.2 Å². The minimum absolute atomic E-state index is 0. The largest absolute Gasteiger partial charge is 1.00 e. The summed E-state index contributed by atoms with van der Waals surface area (Å²) in [6.45, 7) is 3.21. The smallest absolute Gasteiger partial charge is 0.411 e. The zero-order valence-corrected chi connectivity index (χ0v) is 33.8. The van der Waals surface area contributed by atoms with Gasteiger partial charge in [0.05, 0.1) is 46.4 Å². The molecule has 18 nitrogen and oxygen atoms in total. The number of nitro groups is 2. The number of esters is 2. The molecular weight excluding hydrogens is 820 g/mol. The number of hydrogen-bond donors (Lipinski definition) is 1. The molecule has 3 aliphatic heterocycles. The second kappa shape index (κ2) is 16.7. The van der Waals surface area contributed by atoms with Crippen molar-refractivity contribution in [3.05, 3.63) is 103 Å². The second-order valence-electron chi connectivity index (χ2n) is 13.9. The fourth-order valence-corrected chi connectivity index (χ4v) is 10.0. The lowest BCUT2D eigenvalue weighted by Gasteiger charge is -2.46. The summed E-state index contributed by atoms with van der Waals surface area (Å²) in [5.74, 6) is -2.79. The molecular formula is C37H37ClN6O12S2. The van der Waals surface area contributed by atoms with Gasteiger partial charge in [-0.05, 0) is 48.6 Å². The van der Waals surface area contributed by atoms with Gasteiger partial charge in [-0.3, -0.25) is 29.9 Å². The van der Waals surface area contributed by atoms with Crippen LogP contribution in [0, 0.1) is 32.1 Å². The van der Waals surface area contributed by atoms with E-state index in [1.165, 1.54) is 88.5 Å². The number of thiazole rings is 1. The summed E-state index contributed by atoms with van der Waals surface area (Å²) < 4.78 is 20.1. The van der Waals surface area contributed by atoms with E-state index in [-0.39, 0.29) is 73.5 Å². The highest BCUT2D eigenvalue weighted by Gasteiger charge is 2.60. The third kappa shape index (κ3) is 7.47. The fraction of sp³-hybridized carbons (Fsp3) is 0.378. The molecule has 0 aliphatic carbocycles. The Kier molecular flexibility index (Phi) is 12.1. The Morgan fingerprint density at radius 3 is 2.14 bits per heavy atom. The van der Waals surface area contributed by atoms with E-state index >= 15 is 0 Å². The molecule has 0 bridgehead atoms. The first-order chi connectivity index (χ1) is 27.2. The number of nitrogens with zero attached hydrogens (tertiary/aromatic N) is 6. The van der Waals surface area contributed by atoms with Crippen molar-refractivity contribution in [1.82, 2.24) is 14.2 Å². The molecule has 2 amide bonds. The average molecular weight is 857 g/mol. The minimum atomic E-state index is -0.946. The van der Waals surface area contributed by atoms with E-state index in [1.807, 2.05) is 34.7 Å². The van der Waals surface area contributed by atoms with Crippen molar-refractivity contribution >= 4 is 68.8 Å². The fourth-order valence-electron chi connectivity index (χ4n) is 7.82. The number of ether oxygens (including phenoxy) is 3. The van der Waals surface area contributed by atoms with Crippen LogP contribution >= 0.6 is 23.1 Å². The number of non-ortho nitro benzene ring substituents is 2. The Hall–Kier alpha value is -5.57. The molecule has 6 atom stereocenters. The average Bonchev–Trinajstić information content (AvgIpc) is 3.95. The van der Waals surface area contributed by atoms with Crippen molar-refractivity contribution in [3.8, 4) is 0 Å². The molecule has 306 valence electrons. The molecule has 0 spiro atoms. The Morgan fingerprint density at radius 1 is 1.02 bits per heavy atom. The Bertz CT molecular complexity index is 2330. The van der Waals surface area contributed by atoms with E-state index < -0.39 is 52.0 Å². The summed E-state index contributed by atoms with van der Waals surface area (Å²) in [6.07, 6.45) is 4.13. The first-order valence-corrected chi connectivity index (χ1v) is 19.8. The number of nitro benzene ring substituents is 2. The SMILES string of the molecule is COC(=O)[C@@H]1C[C@@H]([n+]2cn3cc(C4=C(C(=O)OCc5ccc([N+](=O)[O-])cc5)N5C(=O)[C@H]([C@@H](C)O)[C@H]5[C@H]4C)sc3c2SC)CN1C(=O)OCc1ccc([N+](=O)[O-])cc1.[Cl-]. The van der Waals surface area contributed by atoms with Gasteiger partial charge in [-0.15, -0.1) is 0 Å². The number of likely N-dealkylation sites (tertiary alicyclic amines) is 1. The molecule has 2 fully saturated rings. The number of benzene rings is 2. The van der Waals surface area contributed by atoms with E-state index in [4.69, 9.17) is 14.2 Å². The first kappa shape index (κ1) is 42.0. The van der Waals surface area contributed by atoms with E-state index in [9.17, 15) is 44.5 Å². The number of carbonyl (C=O) groups excluding carboxylic acids is 4. The number of methoxy groups -OCH3 is 1. The number of carbonyl (C=O) groups is 4. The summed E-state index contributed by atoms with van der Waals surface area (Å²) >= 11 is 2.84. The number of thioether (sulfide) groups is 1. The van der Waals surface area contributed by atoms with Gasteiger partial charge in [0.25, 0.3) is 17.7 Å². The van der Waals surface area contributed by atoms with Crippen molar-refractivity contribution in [2.24, 2.45) is 11.8 Å². The number of rotatable bonds is 12. The third-order valence-corrected chi connectivity index (χ3v) is 12.7. The van der Waals surface area contributed by atoms with Crippen LogP contribution in [-0.2, 0) is 41.8 Å². The molecule has 2 aromatic carbocycles.